The molecule has 0 bridgehead atoms. The van der Waals surface area contributed by atoms with E-state index >= 15 is 0 Å². The highest BCUT2D eigenvalue weighted by molar-refractivity contribution is 6.32. The van der Waals surface area contributed by atoms with Crippen molar-refractivity contribution in [2.75, 3.05) is 6.61 Å². The lowest BCUT2D eigenvalue weighted by atomic mass is 10.2. The molecule has 0 fully saturated rings. The Kier molecular flexibility index (Phi) is 5.89. The van der Waals surface area contributed by atoms with Gasteiger partial charge in [-0.2, -0.15) is 0 Å². The Labute approximate surface area is 101 Å². The van der Waals surface area contributed by atoms with Gasteiger partial charge in [-0.3, -0.25) is 0 Å². The molecule has 0 atom stereocenters. The molecule has 0 aliphatic carbocycles. The minimum Gasteiger partial charge on any atom is -0.492 e. The lowest BCUT2D eigenvalue weighted by molar-refractivity contribution is 0.304. The van der Waals surface area contributed by atoms with Gasteiger partial charge in [0.05, 0.1) is 17.5 Å². The van der Waals surface area contributed by atoms with Crippen molar-refractivity contribution in [2.24, 2.45) is 0 Å². The quantitative estimate of drug-likeness (QED) is 0.525. The third kappa shape index (κ3) is 3.92. The summed E-state index contributed by atoms with van der Waals surface area (Å²) in [6, 6.07) is 5.65. The number of benzene rings is 1. The monoisotopic (exact) mass is 246 g/mol. The second-order valence-corrected chi connectivity index (χ2v) is 4.09. The van der Waals surface area contributed by atoms with E-state index in [1.54, 1.807) is 0 Å². The summed E-state index contributed by atoms with van der Waals surface area (Å²) in [6.45, 7) is 2.88. The van der Waals surface area contributed by atoms with Crippen molar-refractivity contribution in [3.05, 3.63) is 28.8 Å². The first-order chi connectivity index (χ1) is 7.29. The Morgan fingerprint density at radius 1 is 1.27 bits per heavy atom. The van der Waals surface area contributed by atoms with E-state index in [2.05, 4.69) is 6.92 Å². The Morgan fingerprint density at radius 3 is 2.73 bits per heavy atom. The van der Waals surface area contributed by atoms with Gasteiger partial charge in [0.2, 0.25) is 0 Å². The number of hydrogen-bond donors (Lipinski definition) is 0. The average Bonchev–Trinajstić information content (AvgIpc) is 2.26. The van der Waals surface area contributed by atoms with Crippen molar-refractivity contribution in [2.45, 2.75) is 32.1 Å². The van der Waals surface area contributed by atoms with Gasteiger partial charge in [0.1, 0.15) is 5.75 Å². The van der Waals surface area contributed by atoms with E-state index in [0.29, 0.717) is 17.5 Å². The van der Waals surface area contributed by atoms with Crippen molar-refractivity contribution >= 4 is 23.2 Å². The van der Waals surface area contributed by atoms with Gasteiger partial charge in [-0.05, 0) is 12.5 Å². The highest BCUT2D eigenvalue weighted by atomic mass is 35.5. The van der Waals surface area contributed by atoms with Gasteiger partial charge < -0.3 is 4.74 Å². The number of rotatable bonds is 6. The summed E-state index contributed by atoms with van der Waals surface area (Å²) in [7, 11) is 0. The molecule has 0 aromatic heterocycles. The van der Waals surface area contributed by atoms with Gasteiger partial charge >= 0.3 is 0 Å². The molecule has 0 unspecified atom stereocenters. The van der Waals surface area contributed by atoms with Crippen LogP contribution in [0, 0.1) is 0 Å². The molecule has 15 heavy (non-hydrogen) atoms. The van der Waals surface area contributed by atoms with E-state index in [0.717, 1.165) is 17.7 Å². The summed E-state index contributed by atoms with van der Waals surface area (Å²) < 4.78 is 5.64. The lowest BCUT2D eigenvalue weighted by Gasteiger charge is -2.11. The number of alkyl halides is 1. The van der Waals surface area contributed by atoms with Crippen molar-refractivity contribution in [3.8, 4) is 5.75 Å². The third-order valence-corrected chi connectivity index (χ3v) is 2.77. The summed E-state index contributed by atoms with van der Waals surface area (Å²) in [6.07, 6.45) is 3.43. The number of para-hydroxylation sites is 1. The van der Waals surface area contributed by atoms with Crippen molar-refractivity contribution in [3.63, 3.8) is 0 Å². The molecule has 0 radical (unpaired) electrons. The maximum absolute atomic E-state index is 6.04. The standard InChI is InChI=1S/C12H16Cl2O/c1-2-3-4-8-15-12-10(9-13)6-5-7-11(12)14/h5-7H,2-4,8-9H2,1H3. The molecule has 84 valence electrons. The number of unbranched alkanes of at least 4 members (excludes halogenated alkanes) is 2. The second-order valence-electron chi connectivity index (χ2n) is 3.42. The minimum atomic E-state index is 0.434. The van der Waals surface area contributed by atoms with E-state index < -0.39 is 0 Å². The Morgan fingerprint density at radius 2 is 2.07 bits per heavy atom. The van der Waals surface area contributed by atoms with Crippen molar-refractivity contribution < 1.29 is 4.74 Å². The van der Waals surface area contributed by atoms with Gasteiger partial charge in [0.25, 0.3) is 0 Å². The Bertz CT molecular complexity index is 300. The summed E-state index contributed by atoms with van der Waals surface area (Å²) in [4.78, 5) is 0. The van der Waals surface area contributed by atoms with Crippen LogP contribution in [0.2, 0.25) is 5.02 Å². The summed E-state index contributed by atoms with van der Waals surface area (Å²) in [5.41, 5.74) is 0.959. The van der Waals surface area contributed by atoms with E-state index in [1.165, 1.54) is 12.8 Å². The van der Waals surface area contributed by atoms with E-state index in [9.17, 15) is 0 Å². The van der Waals surface area contributed by atoms with Crippen LogP contribution in [0.5, 0.6) is 5.75 Å². The summed E-state index contributed by atoms with van der Waals surface area (Å²) in [5.74, 6) is 1.18. The van der Waals surface area contributed by atoms with Crippen LogP contribution in [0.15, 0.2) is 18.2 Å². The SMILES string of the molecule is CCCCCOc1c(Cl)cccc1CCl. The fourth-order valence-corrected chi connectivity index (χ4v) is 1.81. The predicted octanol–water partition coefficient (Wildman–Crippen LogP) is 4.65. The van der Waals surface area contributed by atoms with Crippen LogP contribution in [-0.2, 0) is 5.88 Å². The highest BCUT2D eigenvalue weighted by Crippen LogP contribution is 2.29. The second kappa shape index (κ2) is 6.97. The maximum atomic E-state index is 6.04. The molecule has 1 aromatic rings. The minimum absolute atomic E-state index is 0.434. The smallest absolute Gasteiger partial charge is 0.142 e. The molecule has 0 amide bonds. The molecule has 0 aliphatic heterocycles. The fourth-order valence-electron chi connectivity index (χ4n) is 1.35. The van der Waals surface area contributed by atoms with Gasteiger partial charge in [0, 0.05) is 5.56 Å². The fraction of sp³-hybridized carbons (Fsp3) is 0.500. The molecule has 1 rings (SSSR count). The zero-order valence-corrected chi connectivity index (χ0v) is 10.4. The van der Waals surface area contributed by atoms with Crippen LogP contribution in [0.4, 0.5) is 0 Å². The number of ether oxygens (including phenoxy) is 1. The largest absolute Gasteiger partial charge is 0.492 e. The van der Waals surface area contributed by atoms with Gasteiger partial charge in [0.15, 0.2) is 0 Å². The summed E-state index contributed by atoms with van der Waals surface area (Å²) in [5, 5.41) is 0.643. The Balaban J connectivity index is 2.58. The predicted molar refractivity (Wildman–Crippen MR) is 66.0 cm³/mol. The number of hydrogen-bond acceptors (Lipinski definition) is 1. The molecule has 0 spiro atoms. The molecule has 1 nitrogen and oxygen atoms in total. The van der Waals surface area contributed by atoms with Crippen LogP contribution in [0.3, 0.4) is 0 Å². The van der Waals surface area contributed by atoms with Crippen molar-refractivity contribution in [1.82, 2.24) is 0 Å². The Hall–Kier alpha value is -0.400. The molecule has 3 heteroatoms. The summed E-state index contributed by atoms with van der Waals surface area (Å²) >= 11 is 11.8. The van der Waals surface area contributed by atoms with Gasteiger partial charge in [-0.15, -0.1) is 11.6 Å². The topological polar surface area (TPSA) is 9.23 Å². The molecule has 0 aliphatic rings. The van der Waals surface area contributed by atoms with E-state index in [1.807, 2.05) is 18.2 Å². The number of halogens is 2. The molecular weight excluding hydrogens is 231 g/mol. The van der Waals surface area contributed by atoms with E-state index in [-0.39, 0.29) is 0 Å². The first kappa shape index (κ1) is 12.7. The van der Waals surface area contributed by atoms with E-state index in [4.69, 9.17) is 27.9 Å². The highest BCUT2D eigenvalue weighted by Gasteiger charge is 2.06. The normalized spacial score (nSPS) is 10.3. The molecule has 0 saturated carbocycles. The van der Waals surface area contributed by atoms with Gasteiger partial charge in [-0.1, -0.05) is 43.5 Å². The van der Waals surface area contributed by atoms with Crippen LogP contribution in [0.25, 0.3) is 0 Å². The van der Waals surface area contributed by atoms with Crippen molar-refractivity contribution in [1.29, 1.82) is 0 Å². The first-order valence-electron chi connectivity index (χ1n) is 5.25. The van der Waals surface area contributed by atoms with Gasteiger partial charge in [-0.25, -0.2) is 0 Å². The van der Waals surface area contributed by atoms with Crippen LogP contribution >= 0.6 is 23.2 Å². The molecule has 0 saturated heterocycles. The van der Waals surface area contributed by atoms with Crippen LogP contribution in [-0.4, -0.2) is 6.61 Å². The third-order valence-electron chi connectivity index (χ3n) is 2.19. The molecule has 0 heterocycles. The molecule has 0 N–H and O–H groups in total. The molecule has 1 aromatic carbocycles. The average molecular weight is 247 g/mol. The lowest BCUT2D eigenvalue weighted by Crippen LogP contribution is -2.00. The van der Waals surface area contributed by atoms with Crippen LogP contribution in [0.1, 0.15) is 31.7 Å². The first-order valence-corrected chi connectivity index (χ1v) is 6.17. The zero-order valence-electron chi connectivity index (χ0n) is 8.93. The molecular formula is C12H16Cl2O. The van der Waals surface area contributed by atoms with Crippen LogP contribution < -0.4 is 4.74 Å². The maximum Gasteiger partial charge on any atom is 0.142 e. The zero-order chi connectivity index (χ0) is 11.1.